The van der Waals surface area contributed by atoms with Crippen LogP contribution < -0.4 is 21.3 Å². The van der Waals surface area contributed by atoms with Gasteiger partial charge in [-0.05, 0) is 25.5 Å². The van der Waals surface area contributed by atoms with Crippen LogP contribution in [0.2, 0.25) is 0 Å². The van der Waals surface area contributed by atoms with Crippen molar-refractivity contribution in [3.8, 4) is 0 Å². The minimum Gasteiger partial charge on any atom is -0.383 e. The number of aromatic nitrogens is 3. The molecule has 1 aliphatic heterocycles. The van der Waals surface area contributed by atoms with Crippen LogP contribution in [0, 0.1) is 0 Å². The molecular formula is C15H21N5O5S. The molecule has 1 atom stereocenters. The van der Waals surface area contributed by atoms with Crippen LogP contribution in [0.25, 0.3) is 11.0 Å². The van der Waals surface area contributed by atoms with E-state index in [1.54, 1.807) is 7.11 Å². The molecular weight excluding hydrogens is 362 g/mol. The standard InChI is InChI=1S/C15H21N5O5S/c1-20-12-11(13(21)19-14(20)22)6-10(7-16-12)26(23,24)18-8-15(9-25-2)4-3-5-17-15/h6-7,17-18H,3-5,8-9H2,1-2H3,(H,19,21,22). The molecule has 0 bridgehead atoms. The Labute approximate surface area is 149 Å². The van der Waals surface area contributed by atoms with Crippen molar-refractivity contribution in [3.05, 3.63) is 33.1 Å². The molecule has 1 fully saturated rings. The van der Waals surface area contributed by atoms with E-state index in [0.717, 1.165) is 30.2 Å². The maximum Gasteiger partial charge on any atom is 0.329 e. The fraction of sp³-hybridized carbons (Fsp3) is 0.533. The van der Waals surface area contributed by atoms with Crippen LogP contribution in [-0.2, 0) is 21.8 Å². The highest BCUT2D eigenvalue weighted by atomic mass is 32.2. The molecule has 1 unspecified atom stereocenters. The third-order valence-corrected chi connectivity index (χ3v) is 5.96. The highest BCUT2D eigenvalue weighted by Crippen LogP contribution is 2.20. The minimum atomic E-state index is -3.88. The van der Waals surface area contributed by atoms with Crippen LogP contribution in [0.3, 0.4) is 0 Å². The number of hydrogen-bond donors (Lipinski definition) is 3. The monoisotopic (exact) mass is 383 g/mol. The quantitative estimate of drug-likeness (QED) is 0.562. The predicted molar refractivity (Wildman–Crippen MR) is 94.6 cm³/mol. The summed E-state index contributed by atoms with van der Waals surface area (Å²) < 4.78 is 34.2. The summed E-state index contributed by atoms with van der Waals surface area (Å²) in [5, 5.41) is 3.32. The Bertz CT molecular complexity index is 1040. The lowest BCUT2D eigenvalue weighted by molar-refractivity contribution is 0.122. The van der Waals surface area contributed by atoms with Gasteiger partial charge in [-0.15, -0.1) is 0 Å². The summed E-state index contributed by atoms with van der Waals surface area (Å²) in [4.78, 5) is 29.6. The number of sulfonamides is 1. The van der Waals surface area contributed by atoms with E-state index in [4.69, 9.17) is 4.74 Å². The van der Waals surface area contributed by atoms with E-state index in [1.165, 1.54) is 13.1 Å². The van der Waals surface area contributed by atoms with Gasteiger partial charge in [0.25, 0.3) is 5.56 Å². The Morgan fingerprint density at radius 3 is 2.85 bits per heavy atom. The molecule has 3 N–H and O–H groups in total. The lowest BCUT2D eigenvalue weighted by atomic mass is 9.99. The summed E-state index contributed by atoms with van der Waals surface area (Å²) >= 11 is 0. The van der Waals surface area contributed by atoms with Gasteiger partial charge in [-0.2, -0.15) is 0 Å². The number of methoxy groups -OCH3 is 1. The fourth-order valence-corrected chi connectivity index (χ4v) is 4.25. The molecule has 26 heavy (non-hydrogen) atoms. The number of pyridine rings is 1. The highest BCUT2D eigenvalue weighted by molar-refractivity contribution is 7.89. The molecule has 3 heterocycles. The average molecular weight is 383 g/mol. The number of H-pyrrole nitrogens is 1. The van der Waals surface area contributed by atoms with Gasteiger partial charge in [0, 0.05) is 26.9 Å². The zero-order valence-corrected chi connectivity index (χ0v) is 15.4. The second-order valence-electron chi connectivity index (χ2n) is 6.43. The average Bonchev–Trinajstić information content (AvgIpc) is 3.07. The largest absolute Gasteiger partial charge is 0.383 e. The van der Waals surface area contributed by atoms with Crippen LogP contribution in [-0.4, -0.2) is 55.3 Å². The van der Waals surface area contributed by atoms with Gasteiger partial charge in [-0.1, -0.05) is 0 Å². The Hall–Kier alpha value is -2.08. The molecule has 3 rings (SSSR count). The molecule has 0 radical (unpaired) electrons. The predicted octanol–water partition coefficient (Wildman–Crippen LogP) is -1.33. The lowest BCUT2D eigenvalue weighted by Gasteiger charge is -2.28. The van der Waals surface area contributed by atoms with Crippen molar-refractivity contribution < 1.29 is 13.2 Å². The molecule has 0 saturated carbocycles. The molecule has 0 spiro atoms. The molecule has 0 amide bonds. The summed E-state index contributed by atoms with van der Waals surface area (Å²) in [5.41, 5.74) is -1.63. The number of nitrogens with zero attached hydrogens (tertiary/aromatic N) is 2. The SMILES string of the molecule is COCC1(CNS(=O)(=O)c2cnc3c(c2)c(=O)[nH]c(=O)n3C)CCCN1. The third kappa shape index (κ3) is 3.43. The Morgan fingerprint density at radius 2 is 2.19 bits per heavy atom. The molecule has 0 aliphatic carbocycles. The van der Waals surface area contributed by atoms with Crippen LogP contribution in [0.4, 0.5) is 0 Å². The molecule has 2 aromatic rings. The van der Waals surface area contributed by atoms with E-state index in [-0.39, 0.29) is 22.5 Å². The first kappa shape index (κ1) is 18.7. The topological polar surface area (TPSA) is 135 Å². The molecule has 142 valence electrons. The van der Waals surface area contributed by atoms with Gasteiger partial charge in [0.15, 0.2) is 0 Å². The second-order valence-corrected chi connectivity index (χ2v) is 8.20. The summed E-state index contributed by atoms with van der Waals surface area (Å²) in [6.07, 6.45) is 2.86. The Morgan fingerprint density at radius 1 is 1.42 bits per heavy atom. The van der Waals surface area contributed by atoms with Crippen molar-refractivity contribution in [1.29, 1.82) is 0 Å². The van der Waals surface area contributed by atoms with E-state index in [1.807, 2.05) is 0 Å². The fourth-order valence-electron chi connectivity index (χ4n) is 3.15. The zero-order valence-electron chi connectivity index (χ0n) is 14.5. The lowest BCUT2D eigenvalue weighted by Crippen LogP contribution is -2.52. The van der Waals surface area contributed by atoms with E-state index < -0.39 is 26.8 Å². The van der Waals surface area contributed by atoms with Crippen molar-refractivity contribution in [3.63, 3.8) is 0 Å². The van der Waals surface area contributed by atoms with Crippen LogP contribution in [0.5, 0.6) is 0 Å². The maximum absolute atomic E-state index is 12.6. The molecule has 0 aromatic carbocycles. The second kappa shape index (κ2) is 6.91. The number of fused-ring (bicyclic) bond motifs is 1. The summed E-state index contributed by atoms with van der Waals surface area (Å²) in [5.74, 6) is 0. The Kier molecular flexibility index (Phi) is 4.97. The van der Waals surface area contributed by atoms with Gasteiger partial charge < -0.3 is 10.1 Å². The zero-order chi connectivity index (χ0) is 18.9. The molecule has 1 saturated heterocycles. The van der Waals surface area contributed by atoms with E-state index >= 15 is 0 Å². The number of ether oxygens (including phenoxy) is 1. The van der Waals surface area contributed by atoms with Crippen LogP contribution in [0.1, 0.15) is 12.8 Å². The number of hydrogen-bond acceptors (Lipinski definition) is 7. The summed E-state index contributed by atoms with van der Waals surface area (Å²) in [7, 11) is -0.869. The van der Waals surface area contributed by atoms with Crippen molar-refractivity contribution >= 4 is 21.1 Å². The van der Waals surface area contributed by atoms with Crippen LogP contribution >= 0.6 is 0 Å². The van der Waals surface area contributed by atoms with Gasteiger partial charge >= 0.3 is 5.69 Å². The molecule has 10 nitrogen and oxygen atoms in total. The molecule has 1 aliphatic rings. The molecule has 11 heteroatoms. The van der Waals surface area contributed by atoms with Crippen molar-refractivity contribution in [1.82, 2.24) is 24.6 Å². The molecule has 2 aromatic heterocycles. The van der Waals surface area contributed by atoms with Gasteiger partial charge in [-0.3, -0.25) is 14.3 Å². The number of nitrogens with one attached hydrogen (secondary N) is 3. The summed E-state index contributed by atoms with van der Waals surface area (Å²) in [6, 6.07) is 1.22. The van der Waals surface area contributed by atoms with Gasteiger partial charge in [0.1, 0.15) is 10.5 Å². The van der Waals surface area contributed by atoms with E-state index in [0.29, 0.717) is 6.61 Å². The van der Waals surface area contributed by atoms with Gasteiger partial charge in [-0.25, -0.2) is 22.9 Å². The summed E-state index contributed by atoms with van der Waals surface area (Å²) in [6.45, 7) is 1.34. The Balaban J connectivity index is 1.92. The van der Waals surface area contributed by atoms with Crippen LogP contribution in [0.15, 0.2) is 26.7 Å². The number of aryl methyl sites for hydroxylation is 1. The van der Waals surface area contributed by atoms with E-state index in [9.17, 15) is 18.0 Å². The minimum absolute atomic E-state index is 0.0283. The van der Waals surface area contributed by atoms with E-state index in [2.05, 4.69) is 20.0 Å². The third-order valence-electron chi connectivity index (χ3n) is 4.59. The first-order chi connectivity index (χ1) is 12.3. The normalized spacial score (nSPS) is 20.7. The first-order valence-corrected chi connectivity index (χ1v) is 9.59. The number of rotatable bonds is 6. The van der Waals surface area contributed by atoms with Crippen molar-refractivity contribution in [2.24, 2.45) is 7.05 Å². The highest BCUT2D eigenvalue weighted by Gasteiger charge is 2.35. The van der Waals surface area contributed by atoms with Crippen molar-refractivity contribution in [2.45, 2.75) is 23.3 Å². The number of aromatic amines is 1. The van der Waals surface area contributed by atoms with Gasteiger partial charge in [0.05, 0.1) is 17.5 Å². The smallest absolute Gasteiger partial charge is 0.329 e. The van der Waals surface area contributed by atoms with Gasteiger partial charge in [0.2, 0.25) is 10.0 Å². The van der Waals surface area contributed by atoms with Crippen molar-refractivity contribution in [2.75, 3.05) is 26.8 Å². The first-order valence-electron chi connectivity index (χ1n) is 8.11. The maximum atomic E-state index is 12.6.